The molecule has 10 heteroatoms. The molecule has 2 N–H and O–H groups in total. The molecule has 0 saturated heterocycles. The molecule has 2 aromatic carbocycles. The Morgan fingerprint density at radius 2 is 1.43 bits per heavy atom. The summed E-state index contributed by atoms with van der Waals surface area (Å²) < 4.78 is 39.6. The fourth-order valence-corrected chi connectivity index (χ4v) is 2.92. The molecule has 0 radical (unpaired) electrons. The third-order valence-electron chi connectivity index (χ3n) is 4.45. The molecule has 0 bridgehead atoms. The van der Waals surface area contributed by atoms with E-state index in [4.69, 9.17) is 0 Å². The van der Waals surface area contributed by atoms with Crippen LogP contribution in [0.25, 0.3) is 0 Å². The Kier molecular flexibility index (Phi) is 6.14. The van der Waals surface area contributed by atoms with Crippen LogP contribution in [0.15, 0.2) is 36.4 Å². The van der Waals surface area contributed by atoms with Gasteiger partial charge in [-0.25, -0.2) is 13.2 Å². The van der Waals surface area contributed by atoms with Crippen molar-refractivity contribution in [2.75, 3.05) is 19.6 Å². The molecule has 1 aliphatic heterocycles. The van der Waals surface area contributed by atoms with Crippen LogP contribution in [-0.2, 0) is 4.79 Å². The van der Waals surface area contributed by atoms with Crippen LogP contribution in [0.5, 0.6) is 0 Å². The van der Waals surface area contributed by atoms with Crippen molar-refractivity contribution in [1.29, 1.82) is 0 Å². The Morgan fingerprint density at radius 3 is 2.07 bits per heavy atom. The topological polar surface area (TPSA) is 95.6 Å². The van der Waals surface area contributed by atoms with Crippen LogP contribution in [-0.4, -0.2) is 48.2 Å². The van der Waals surface area contributed by atoms with Crippen molar-refractivity contribution in [2.24, 2.45) is 0 Å². The molecule has 0 atom stereocenters. The first-order valence-electron chi connectivity index (χ1n) is 8.95. The van der Waals surface area contributed by atoms with E-state index in [0.29, 0.717) is 6.07 Å². The predicted molar refractivity (Wildman–Crippen MR) is 98.1 cm³/mol. The van der Waals surface area contributed by atoms with Crippen molar-refractivity contribution in [3.63, 3.8) is 0 Å². The second-order valence-electron chi connectivity index (χ2n) is 6.39. The number of nitrogens with zero attached hydrogens (tertiary/aromatic N) is 1. The number of carbonyl (C=O) groups is 4. The van der Waals surface area contributed by atoms with Gasteiger partial charge in [-0.1, -0.05) is 12.1 Å². The highest BCUT2D eigenvalue weighted by atomic mass is 19.2. The van der Waals surface area contributed by atoms with Gasteiger partial charge in [0.2, 0.25) is 5.91 Å². The van der Waals surface area contributed by atoms with Crippen molar-refractivity contribution in [1.82, 2.24) is 15.5 Å². The summed E-state index contributed by atoms with van der Waals surface area (Å²) in [4.78, 5) is 49.1. The summed E-state index contributed by atoms with van der Waals surface area (Å²) in [6.07, 6.45) is -0.142. The average molecular weight is 419 g/mol. The molecule has 156 valence electrons. The number of fused-ring (bicyclic) bond motifs is 1. The van der Waals surface area contributed by atoms with Gasteiger partial charge in [0.15, 0.2) is 17.5 Å². The first kappa shape index (κ1) is 21.0. The minimum Gasteiger partial charge on any atom is -0.354 e. The van der Waals surface area contributed by atoms with Gasteiger partial charge < -0.3 is 10.6 Å². The Hall–Kier alpha value is -3.69. The largest absolute Gasteiger partial charge is 0.354 e. The highest BCUT2D eigenvalue weighted by molar-refractivity contribution is 6.21. The lowest BCUT2D eigenvalue weighted by Crippen LogP contribution is -2.37. The fraction of sp³-hybridized carbons (Fsp3) is 0.200. The lowest BCUT2D eigenvalue weighted by Gasteiger charge is -2.13. The third-order valence-corrected chi connectivity index (χ3v) is 4.45. The predicted octanol–water partition coefficient (Wildman–Crippen LogP) is 1.64. The number of hydrogen-bond acceptors (Lipinski definition) is 4. The van der Waals surface area contributed by atoms with E-state index in [0.717, 1.165) is 11.0 Å². The van der Waals surface area contributed by atoms with Gasteiger partial charge in [0, 0.05) is 26.1 Å². The van der Waals surface area contributed by atoms with Gasteiger partial charge in [0.05, 0.1) is 16.7 Å². The standard InChI is InChI=1S/C20H16F3N3O4/c21-14-6-5-13(16(22)17(14)23)18(28)25-9-8-24-15(27)7-10-26-19(29)11-3-1-2-4-12(11)20(26)30/h1-6H,7-10H2,(H,24,27)(H,25,28). The van der Waals surface area contributed by atoms with Crippen LogP contribution < -0.4 is 10.6 Å². The lowest BCUT2D eigenvalue weighted by atomic mass is 10.1. The summed E-state index contributed by atoms with van der Waals surface area (Å²) in [6.45, 7) is -0.237. The van der Waals surface area contributed by atoms with Gasteiger partial charge >= 0.3 is 0 Å². The van der Waals surface area contributed by atoms with E-state index in [2.05, 4.69) is 10.6 Å². The van der Waals surface area contributed by atoms with Crippen LogP contribution >= 0.6 is 0 Å². The zero-order chi connectivity index (χ0) is 21.8. The Morgan fingerprint density at radius 1 is 0.833 bits per heavy atom. The van der Waals surface area contributed by atoms with Crippen molar-refractivity contribution < 1.29 is 32.3 Å². The third kappa shape index (κ3) is 4.17. The van der Waals surface area contributed by atoms with E-state index in [1.165, 1.54) is 12.1 Å². The minimum absolute atomic E-state index is 0.0298. The summed E-state index contributed by atoms with van der Waals surface area (Å²) in [5.41, 5.74) is -0.0870. The molecule has 0 unspecified atom stereocenters. The van der Waals surface area contributed by atoms with E-state index in [1.54, 1.807) is 12.1 Å². The molecule has 4 amide bonds. The highest BCUT2D eigenvalue weighted by Crippen LogP contribution is 2.22. The van der Waals surface area contributed by atoms with Crippen molar-refractivity contribution in [3.05, 3.63) is 70.5 Å². The average Bonchev–Trinajstić information content (AvgIpc) is 2.98. The maximum absolute atomic E-state index is 13.6. The van der Waals surface area contributed by atoms with Gasteiger partial charge in [0.1, 0.15) is 0 Å². The molecule has 1 heterocycles. The van der Waals surface area contributed by atoms with Crippen LogP contribution in [0.3, 0.4) is 0 Å². The lowest BCUT2D eigenvalue weighted by molar-refractivity contribution is -0.121. The number of amides is 4. The highest BCUT2D eigenvalue weighted by Gasteiger charge is 2.34. The van der Waals surface area contributed by atoms with Crippen molar-refractivity contribution >= 4 is 23.6 Å². The smallest absolute Gasteiger partial charge is 0.261 e. The number of carbonyl (C=O) groups excluding carboxylic acids is 4. The number of halogens is 3. The van der Waals surface area contributed by atoms with Gasteiger partial charge in [-0.3, -0.25) is 24.1 Å². The summed E-state index contributed by atoms with van der Waals surface area (Å²) in [7, 11) is 0. The maximum atomic E-state index is 13.6. The van der Waals surface area contributed by atoms with Crippen molar-refractivity contribution in [2.45, 2.75) is 6.42 Å². The molecule has 0 aromatic heterocycles. The second kappa shape index (κ2) is 8.76. The molecule has 1 aliphatic rings. The molecule has 0 spiro atoms. The van der Waals surface area contributed by atoms with E-state index in [-0.39, 0.29) is 37.2 Å². The van der Waals surface area contributed by atoms with Gasteiger partial charge in [-0.2, -0.15) is 0 Å². The van der Waals surface area contributed by atoms with Crippen LogP contribution in [0.1, 0.15) is 37.5 Å². The molecule has 2 aromatic rings. The summed E-state index contributed by atoms with van der Waals surface area (Å²) >= 11 is 0. The number of nitrogens with one attached hydrogen (secondary N) is 2. The fourth-order valence-electron chi connectivity index (χ4n) is 2.92. The first-order valence-corrected chi connectivity index (χ1v) is 8.95. The molecule has 7 nitrogen and oxygen atoms in total. The first-order chi connectivity index (χ1) is 14.3. The summed E-state index contributed by atoms with van der Waals surface area (Å²) in [5.74, 6) is -7.13. The van der Waals surface area contributed by atoms with Crippen LogP contribution in [0, 0.1) is 17.5 Å². The molecule has 0 saturated carbocycles. The quantitative estimate of drug-likeness (QED) is 0.405. The zero-order valence-corrected chi connectivity index (χ0v) is 15.5. The van der Waals surface area contributed by atoms with E-state index in [1.807, 2.05) is 0 Å². The minimum atomic E-state index is -1.75. The maximum Gasteiger partial charge on any atom is 0.261 e. The Bertz CT molecular complexity index is 1010. The molecule has 30 heavy (non-hydrogen) atoms. The molecule has 3 rings (SSSR count). The van der Waals surface area contributed by atoms with Gasteiger partial charge in [0.25, 0.3) is 17.7 Å². The number of hydrogen-bond donors (Lipinski definition) is 2. The van der Waals surface area contributed by atoms with E-state index < -0.39 is 46.6 Å². The monoisotopic (exact) mass is 419 g/mol. The Balaban J connectivity index is 1.42. The normalized spacial score (nSPS) is 12.7. The van der Waals surface area contributed by atoms with Crippen LogP contribution in [0.2, 0.25) is 0 Å². The Labute approximate surface area is 168 Å². The molecular weight excluding hydrogens is 403 g/mol. The van der Waals surface area contributed by atoms with Crippen LogP contribution in [0.4, 0.5) is 13.2 Å². The van der Waals surface area contributed by atoms with Gasteiger partial charge in [-0.05, 0) is 24.3 Å². The number of rotatable bonds is 7. The van der Waals surface area contributed by atoms with Crippen molar-refractivity contribution in [3.8, 4) is 0 Å². The van der Waals surface area contributed by atoms with Gasteiger partial charge in [-0.15, -0.1) is 0 Å². The molecular formula is C20H16F3N3O4. The zero-order valence-electron chi connectivity index (χ0n) is 15.5. The molecule has 0 aliphatic carbocycles. The summed E-state index contributed by atoms with van der Waals surface area (Å²) in [6, 6.07) is 7.79. The number of imide groups is 1. The number of benzene rings is 2. The second-order valence-corrected chi connectivity index (χ2v) is 6.39. The van der Waals surface area contributed by atoms with E-state index in [9.17, 15) is 32.3 Å². The summed E-state index contributed by atoms with van der Waals surface area (Å²) in [5, 5.41) is 4.73. The SMILES string of the molecule is O=C(CCN1C(=O)c2ccccc2C1=O)NCCNC(=O)c1ccc(F)c(F)c1F. The molecule has 0 fully saturated rings. The van der Waals surface area contributed by atoms with E-state index >= 15 is 0 Å².